The molecular weight excluding hydrogens is 272 g/mol. The third-order valence-electron chi connectivity index (χ3n) is 3.27. The summed E-state index contributed by atoms with van der Waals surface area (Å²) < 4.78 is 5.27. The Morgan fingerprint density at radius 3 is 2.80 bits per heavy atom. The van der Waals surface area contributed by atoms with E-state index in [1.807, 2.05) is 30.5 Å². The molecule has 1 N–H and O–H groups in total. The molecule has 3 rings (SSSR count). The highest BCUT2D eigenvalue weighted by atomic mass is 32.1. The normalized spacial score (nSPS) is 10.9. The van der Waals surface area contributed by atoms with E-state index in [-0.39, 0.29) is 5.56 Å². The van der Waals surface area contributed by atoms with E-state index in [0.29, 0.717) is 11.2 Å². The second-order valence-corrected chi connectivity index (χ2v) is 5.52. The summed E-state index contributed by atoms with van der Waals surface area (Å²) in [4.78, 5) is 20.1. The first kappa shape index (κ1) is 12.9. The number of nitrogens with zero attached hydrogens (tertiary/aromatic N) is 1. The number of H-pyrrole nitrogens is 1. The molecule has 0 spiro atoms. The molecule has 0 bridgehead atoms. The smallest absolute Gasteiger partial charge is 0.260 e. The first-order valence-corrected chi connectivity index (χ1v) is 7.11. The fourth-order valence-corrected chi connectivity index (χ4v) is 3.31. The Balaban J connectivity index is 2.25. The van der Waals surface area contributed by atoms with E-state index in [9.17, 15) is 4.79 Å². The minimum Gasteiger partial charge on any atom is -0.496 e. The van der Waals surface area contributed by atoms with Crippen molar-refractivity contribution >= 4 is 21.6 Å². The van der Waals surface area contributed by atoms with E-state index < -0.39 is 0 Å². The van der Waals surface area contributed by atoms with Gasteiger partial charge in [0.1, 0.15) is 16.4 Å². The fraction of sp³-hybridized carbons (Fsp3) is 0.200. The van der Waals surface area contributed by atoms with Gasteiger partial charge in [-0.1, -0.05) is 6.07 Å². The van der Waals surface area contributed by atoms with Crippen LogP contribution in [0.2, 0.25) is 0 Å². The third kappa shape index (κ3) is 2.00. The van der Waals surface area contributed by atoms with E-state index in [1.165, 1.54) is 11.3 Å². The lowest BCUT2D eigenvalue weighted by atomic mass is 10.0. The molecule has 0 amide bonds. The van der Waals surface area contributed by atoms with Crippen LogP contribution in [0.4, 0.5) is 0 Å². The molecule has 0 radical (unpaired) electrons. The van der Waals surface area contributed by atoms with Gasteiger partial charge in [0.05, 0.1) is 12.5 Å². The van der Waals surface area contributed by atoms with Gasteiger partial charge in [-0.3, -0.25) is 4.79 Å². The molecule has 102 valence electrons. The Labute approximate surface area is 120 Å². The summed E-state index contributed by atoms with van der Waals surface area (Å²) in [6, 6.07) is 5.91. The molecule has 0 saturated heterocycles. The van der Waals surface area contributed by atoms with Gasteiger partial charge in [0.2, 0.25) is 0 Å². The monoisotopic (exact) mass is 286 g/mol. The Morgan fingerprint density at radius 2 is 2.10 bits per heavy atom. The maximum atomic E-state index is 12.1. The summed E-state index contributed by atoms with van der Waals surface area (Å²) in [5.41, 5.74) is 2.88. The highest BCUT2D eigenvalue weighted by Crippen LogP contribution is 2.33. The highest BCUT2D eigenvalue weighted by Gasteiger charge is 2.12. The molecule has 0 aliphatic carbocycles. The van der Waals surface area contributed by atoms with Crippen LogP contribution >= 0.6 is 11.3 Å². The van der Waals surface area contributed by atoms with Crippen molar-refractivity contribution in [2.45, 2.75) is 13.8 Å². The number of nitrogens with one attached hydrogen (secondary N) is 1. The van der Waals surface area contributed by atoms with Crippen LogP contribution in [0.1, 0.15) is 11.4 Å². The first-order valence-electron chi connectivity index (χ1n) is 6.23. The molecule has 0 aliphatic heterocycles. The molecule has 2 heterocycles. The predicted octanol–water partition coefficient (Wildman–Crippen LogP) is 3.28. The number of aryl methyl sites for hydroxylation is 2. The number of benzene rings is 1. The summed E-state index contributed by atoms with van der Waals surface area (Å²) in [5, 5.41) is 2.64. The van der Waals surface area contributed by atoms with Crippen molar-refractivity contribution in [2.75, 3.05) is 7.11 Å². The topological polar surface area (TPSA) is 55.0 Å². The number of ether oxygens (including phenoxy) is 1. The Kier molecular flexibility index (Phi) is 3.06. The molecule has 0 fully saturated rings. The average molecular weight is 286 g/mol. The number of rotatable bonds is 2. The molecule has 0 atom stereocenters. The van der Waals surface area contributed by atoms with Crippen molar-refractivity contribution in [3.8, 4) is 16.9 Å². The Bertz CT molecular complexity index is 849. The fourth-order valence-electron chi connectivity index (χ4n) is 2.31. The van der Waals surface area contributed by atoms with Gasteiger partial charge in [-0.15, -0.1) is 11.3 Å². The van der Waals surface area contributed by atoms with Crippen LogP contribution in [-0.2, 0) is 0 Å². The van der Waals surface area contributed by atoms with E-state index in [0.717, 1.165) is 27.3 Å². The maximum Gasteiger partial charge on any atom is 0.260 e. The second kappa shape index (κ2) is 4.76. The van der Waals surface area contributed by atoms with Crippen molar-refractivity contribution in [3.63, 3.8) is 0 Å². The third-order valence-corrected chi connectivity index (χ3v) is 4.14. The van der Waals surface area contributed by atoms with Crippen molar-refractivity contribution in [3.05, 3.63) is 45.3 Å². The minimum atomic E-state index is -0.0859. The summed E-state index contributed by atoms with van der Waals surface area (Å²) in [5.74, 6) is 1.48. The van der Waals surface area contributed by atoms with Gasteiger partial charge in [-0.2, -0.15) is 0 Å². The average Bonchev–Trinajstić information content (AvgIpc) is 2.82. The van der Waals surface area contributed by atoms with Crippen LogP contribution < -0.4 is 10.3 Å². The van der Waals surface area contributed by atoms with Crippen LogP contribution in [0, 0.1) is 13.8 Å². The molecule has 0 saturated carbocycles. The van der Waals surface area contributed by atoms with E-state index >= 15 is 0 Å². The Morgan fingerprint density at radius 1 is 1.30 bits per heavy atom. The van der Waals surface area contributed by atoms with Gasteiger partial charge in [-0.05, 0) is 37.1 Å². The van der Waals surface area contributed by atoms with Crippen molar-refractivity contribution in [1.82, 2.24) is 9.97 Å². The van der Waals surface area contributed by atoms with Gasteiger partial charge >= 0.3 is 0 Å². The van der Waals surface area contributed by atoms with Crippen LogP contribution in [0.3, 0.4) is 0 Å². The van der Waals surface area contributed by atoms with Gasteiger partial charge in [-0.25, -0.2) is 4.98 Å². The molecule has 2 aromatic heterocycles. The zero-order valence-corrected chi connectivity index (χ0v) is 12.3. The maximum absolute atomic E-state index is 12.1. The van der Waals surface area contributed by atoms with Crippen molar-refractivity contribution in [2.24, 2.45) is 0 Å². The van der Waals surface area contributed by atoms with Gasteiger partial charge < -0.3 is 9.72 Å². The summed E-state index contributed by atoms with van der Waals surface area (Å²) in [7, 11) is 1.65. The highest BCUT2D eigenvalue weighted by molar-refractivity contribution is 7.17. The number of thiophene rings is 1. The minimum absolute atomic E-state index is 0.0859. The molecule has 3 aromatic rings. The number of aromatic nitrogens is 2. The standard InChI is InChI=1S/C15H14N2O2S/c1-8-6-10(4-5-12(8)19-3)11-7-20-15-13(11)14(18)16-9(2)17-15/h4-7H,1-3H3,(H,16,17,18). The van der Waals surface area contributed by atoms with Gasteiger partial charge in [0.15, 0.2) is 0 Å². The number of hydrogen-bond acceptors (Lipinski definition) is 4. The van der Waals surface area contributed by atoms with Gasteiger partial charge in [0.25, 0.3) is 5.56 Å². The first-order chi connectivity index (χ1) is 9.60. The Hall–Kier alpha value is -2.14. The number of methoxy groups -OCH3 is 1. The van der Waals surface area contributed by atoms with Gasteiger partial charge in [0, 0.05) is 10.9 Å². The molecule has 20 heavy (non-hydrogen) atoms. The lowest BCUT2D eigenvalue weighted by Crippen LogP contribution is -2.08. The van der Waals surface area contributed by atoms with E-state index in [1.54, 1.807) is 14.0 Å². The van der Waals surface area contributed by atoms with Crippen molar-refractivity contribution in [1.29, 1.82) is 0 Å². The van der Waals surface area contributed by atoms with Crippen LogP contribution in [0.15, 0.2) is 28.4 Å². The van der Waals surface area contributed by atoms with E-state index in [4.69, 9.17) is 4.74 Å². The quantitative estimate of drug-likeness (QED) is 0.786. The zero-order valence-electron chi connectivity index (χ0n) is 11.5. The predicted molar refractivity (Wildman–Crippen MR) is 81.7 cm³/mol. The lowest BCUT2D eigenvalue weighted by molar-refractivity contribution is 0.412. The number of aromatic amines is 1. The summed E-state index contributed by atoms with van der Waals surface area (Å²) >= 11 is 1.49. The second-order valence-electron chi connectivity index (χ2n) is 4.67. The summed E-state index contributed by atoms with van der Waals surface area (Å²) in [6.45, 7) is 3.78. The van der Waals surface area contributed by atoms with E-state index in [2.05, 4.69) is 9.97 Å². The van der Waals surface area contributed by atoms with Crippen LogP contribution in [0.25, 0.3) is 21.3 Å². The molecule has 0 aliphatic rings. The molecule has 4 nitrogen and oxygen atoms in total. The number of fused-ring (bicyclic) bond motifs is 1. The molecular formula is C15H14N2O2S. The molecule has 1 aromatic carbocycles. The van der Waals surface area contributed by atoms with Crippen LogP contribution in [-0.4, -0.2) is 17.1 Å². The zero-order chi connectivity index (χ0) is 14.3. The van der Waals surface area contributed by atoms with Crippen molar-refractivity contribution < 1.29 is 4.74 Å². The summed E-state index contributed by atoms with van der Waals surface area (Å²) in [6.07, 6.45) is 0. The number of hydrogen-bond donors (Lipinski definition) is 1. The molecule has 0 unspecified atom stereocenters. The SMILES string of the molecule is COc1ccc(-c2csc3nc(C)[nH]c(=O)c23)cc1C. The lowest BCUT2D eigenvalue weighted by Gasteiger charge is -2.06. The largest absolute Gasteiger partial charge is 0.496 e. The van der Waals surface area contributed by atoms with Crippen LogP contribution in [0.5, 0.6) is 5.75 Å². The molecule has 5 heteroatoms.